The fourth-order valence-corrected chi connectivity index (χ4v) is 11.6. The molecular weight excluding hydrogens is 595 g/mol. The molecule has 1 saturated heterocycles. The molecule has 0 amide bonds. The first kappa shape index (κ1) is 31.5. The molecule has 0 N–H and O–H groups in total. The van der Waals surface area contributed by atoms with Crippen molar-refractivity contribution < 1.29 is 18.6 Å². The third-order valence-corrected chi connectivity index (χ3v) is 14.3. The van der Waals surface area contributed by atoms with E-state index in [4.69, 9.17) is 18.6 Å². The zero-order chi connectivity index (χ0) is 31.1. The average molecular weight is 636 g/mol. The molecule has 1 aliphatic heterocycles. The van der Waals surface area contributed by atoms with Crippen LogP contribution in [0.5, 0.6) is 0 Å². The molecule has 0 saturated carbocycles. The molecule has 0 radical (unpaired) electrons. The summed E-state index contributed by atoms with van der Waals surface area (Å²) in [7, 11) is -2.80. The second kappa shape index (κ2) is 14.3. The van der Waals surface area contributed by atoms with Crippen molar-refractivity contribution in [2.45, 2.75) is 63.4 Å². The van der Waals surface area contributed by atoms with Crippen LogP contribution in [0, 0.1) is 0 Å². The number of thiazole rings is 1. The van der Waals surface area contributed by atoms with Gasteiger partial charge in [-0.1, -0.05) is 142 Å². The van der Waals surface area contributed by atoms with E-state index < -0.39 is 8.32 Å². The van der Waals surface area contributed by atoms with Gasteiger partial charge in [-0.2, -0.15) is 0 Å². The van der Waals surface area contributed by atoms with Gasteiger partial charge in [0.05, 0.1) is 19.8 Å². The Hall–Kier alpha value is -3.43. The summed E-state index contributed by atoms with van der Waals surface area (Å²) < 4.78 is 27.7. The largest absolute Gasteiger partial charge is 0.405 e. The second-order valence-corrected chi connectivity index (χ2v) is 17.7. The van der Waals surface area contributed by atoms with Crippen LogP contribution in [0.25, 0.3) is 0 Å². The molecule has 0 bridgehead atoms. The van der Waals surface area contributed by atoms with Crippen LogP contribution in [0.4, 0.5) is 0 Å². The molecule has 232 valence electrons. The number of rotatable bonds is 12. The fourth-order valence-electron chi connectivity index (χ4n) is 6.32. The molecule has 5 nitrogen and oxygen atoms in total. The Labute approximate surface area is 271 Å². The van der Waals surface area contributed by atoms with Crippen LogP contribution in [0.2, 0.25) is 5.04 Å². The summed E-state index contributed by atoms with van der Waals surface area (Å²) in [6, 6.07) is 41.9. The van der Waals surface area contributed by atoms with Gasteiger partial charge in [-0.15, -0.1) is 11.3 Å². The zero-order valence-corrected chi connectivity index (χ0v) is 27.9. The molecule has 6 rings (SSSR count). The van der Waals surface area contributed by atoms with Crippen LogP contribution in [-0.4, -0.2) is 38.2 Å². The fraction of sp³-hybridized carbons (Fsp3) is 0.289. The van der Waals surface area contributed by atoms with Crippen LogP contribution in [0.1, 0.15) is 43.0 Å². The summed E-state index contributed by atoms with van der Waals surface area (Å²) in [4.78, 5) is 4.66. The van der Waals surface area contributed by atoms with Gasteiger partial charge in [0.2, 0.25) is 0 Å². The quantitative estimate of drug-likeness (QED) is 0.134. The molecule has 1 fully saturated rings. The molecule has 1 aromatic heterocycles. The van der Waals surface area contributed by atoms with E-state index in [1.54, 1.807) is 11.3 Å². The molecule has 1 aliphatic rings. The van der Waals surface area contributed by atoms with Crippen molar-refractivity contribution in [2.75, 3.05) is 6.61 Å². The van der Waals surface area contributed by atoms with E-state index in [9.17, 15) is 0 Å². The van der Waals surface area contributed by atoms with Crippen molar-refractivity contribution in [1.29, 1.82) is 0 Å². The van der Waals surface area contributed by atoms with Crippen LogP contribution in [0.15, 0.2) is 133 Å². The van der Waals surface area contributed by atoms with E-state index in [0.29, 0.717) is 19.8 Å². The minimum absolute atomic E-state index is 0.160. The first-order valence-corrected chi connectivity index (χ1v) is 18.4. The van der Waals surface area contributed by atoms with E-state index in [2.05, 4.69) is 111 Å². The maximum absolute atomic E-state index is 7.37. The second-order valence-electron chi connectivity index (χ2n) is 12.5. The molecule has 0 spiro atoms. The third-order valence-electron chi connectivity index (χ3n) is 8.46. The smallest absolute Gasteiger partial charge is 0.261 e. The van der Waals surface area contributed by atoms with E-state index in [1.165, 1.54) is 10.4 Å². The minimum Gasteiger partial charge on any atom is -0.405 e. The normalized spacial score (nSPS) is 20.3. The summed E-state index contributed by atoms with van der Waals surface area (Å²) in [5.41, 5.74) is 2.20. The van der Waals surface area contributed by atoms with Crippen molar-refractivity contribution >= 4 is 30.0 Å². The number of hydrogen-bond acceptors (Lipinski definition) is 6. The van der Waals surface area contributed by atoms with Gasteiger partial charge in [-0.05, 0) is 26.5 Å². The highest BCUT2D eigenvalue weighted by Gasteiger charge is 2.53. The summed E-state index contributed by atoms with van der Waals surface area (Å²) in [5.74, 6) is 0. The van der Waals surface area contributed by atoms with Crippen molar-refractivity contribution in [3.8, 4) is 0 Å². The van der Waals surface area contributed by atoms with Gasteiger partial charge >= 0.3 is 0 Å². The first-order valence-electron chi connectivity index (χ1n) is 15.6. The van der Waals surface area contributed by atoms with Gasteiger partial charge in [0.15, 0.2) is 0 Å². The number of aromatic nitrogens is 1. The van der Waals surface area contributed by atoms with E-state index in [1.807, 2.05) is 48.0 Å². The minimum atomic E-state index is -2.80. The lowest BCUT2D eigenvalue weighted by molar-refractivity contribution is -0.0828. The van der Waals surface area contributed by atoms with Crippen molar-refractivity contribution in [2.24, 2.45) is 0 Å². The van der Waals surface area contributed by atoms with Crippen molar-refractivity contribution in [3.05, 3.63) is 149 Å². The Morgan fingerprint density at radius 1 is 0.689 bits per heavy atom. The SMILES string of the molecule is CC(C)(C)[Si](OC[C@H]1O[C@H](c2nccs2)[C@@H](OCc2ccccc2)[C@@H]1OCc1ccccc1)(c1ccccc1)c1ccccc1. The van der Waals surface area contributed by atoms with Crippen LogP contribution in [-0.2, 0) is 31.9 Å². The monoisotopic (exact) mass is 635 g/mol. The van der Waals surface area contributed by atoms with Crippen molar-refractivity contribution in [1.82, 2.24) is 4.98 Å². The predicted molar refractivity (Wildman–Crippen MR) is 183 cm³/mol. The Kier molecular flexibility index (Phi) is 10.0. The van der Waals surface area contributed by atoms with E-state index in [-0.39, 0.29) is 29.5 Å². The molecule has 45 heavy (non-hydrogen) atoms. The van der Waals surface area contributed by atoms with Crippen LogP contribution >= 0.6 is 11.3 Å². The lowest BCUT2D eigenvalue weighted by Crippen LogP contribution is -2.67. The highest BCUT2D eigenvalue weighted by Crippen LogP contribution is 2.41. The molecule has 7 heteroatoms. The molecule has 2 heterocycles. The number of benzene rings is 4. The molecule has 5 aromatic rings. The predicted octanol–water partition coefficient (Wildman–Crippen LogP) is 7.33. The third kappa shape index (κ3) is 7.04. The van der Waals surface area contributed by atoms with Gasteiger partial charge in [-0.25, -0.2) is 4.98 Å². The highest BCUT2D eigenvalue weighted by atomic mass is 32.1. The molecule has 0 aliphatic carbocycles. The number of ether oxygens (including phenoxy) is 3. The lowest BCUT2D eigenvalue weighted by Gasteiger charge is -2.43. The number of hydrogen-bond donors (Lipinski definition) is 0. The van der Waals surface area contributed by atoms with E-state index in [0.717, 1.165) is 16.1 Å². The Morgan fingerprint density at radius 2 is 1.18 bits per heavy atom. The topological polar surface area (TPSA) is 49.8 Å². The summed E-state index contributed by atoms with van der Waals surface area (Å²) >= 11 is 1.58. The maximum atomic E-state index is 7.37. The molecule has 4 aromatic carbocycles. The van der Waals surface area contributed by atoms with Gasteiger partial charge in [0.1, 0.15) is 29.4 Å². The van der Waals surface area contributed by atoms with Gasteiger partial charge in [-0.3, -0.25) is 0 Å². The van der Waals surface area contributed by atoms with Gasteiger partial charge < -0.3 is 18.6 Å². The Bertz CT molecular complexity index is 1540. The van der Waals surface area contributed by atoms with Crippen LogP contribution in [0.3, 0.4) is 0 Å². The number of nitrogens with zero attached hydrogens (tertiary/aromatic N) is 1. The van der Waals surface area contributed by atoms with Crippen LogP contribution < -0.4 is 10.4 Å². The van der Waals surface area contributed by atoms with E-state index >= 15 is 0 Å². The Morgan fingerprint density at radius 3 is 1.64 bits per heavy atom. The summed E-state index contributed by atoms with van der Waals surface area (Å²) in [5, 5.41) is 5.17. The summed E-state index contributed by atoms with van der Waals surface area (Å²) in [6.07, 6.45) is 0.338. The lowest BCUT2D eigenvalue weighted by atomic mass is 10.1. The van der Waals surface area contributed by atoms with Crippen molar-refractivity contribution in [3.63, 3.8) is 0 Å². The van der Waals surface area contributed by atoms with Gasteiger partial charge in [0, 0.05) is 11.6 Å². The maximum Gasteiger partial charge on any atom is 0.261 e. The standard InChI is InChI=1S/C38H41NO4SSi/c1-38(2,3)45(31-20-12-6-13-21-31,32-22-14-7-15-23-32)42-28-33-34(40-26-29-16-8-4-9-17-29)35(36(43-33)37-39-24-25-44-37)41-27-30-18-10-5-11-19-30/h4-25,33-36H,26-28H2,1-3H3/t33-,34-,35+,36+/m1/s1. The molecular formula is C38H41NO4SSi. The average Bonchev–Trinajstić information content (AvgIpc) is 3.73. The molecule has 0 unspecified atom stereocenters. The first-order chi connectivity index (χ1) is 22.0. The van der Waals surface area contributed by atoms with Gasteiger partial charge in [0.25, 0.3) is 8.32 Å². The zero-order valence-electron chi connectivity index (χ0n) is 26.1. The Balaban J connectivity index is 1.35. The highest BCUT2D eigenvalue weighted by molar-refractivity contribution is 7.09. The molecule has 4 atom stereocenters. The summed E-state index contributed by atoms with van der Waals surface area (Å²) in [6.45, 7) is 8.14.